The fourth-order valence-corrected chi connectivity index (χ4v) is 5.21. The quantitative estimate of drug-likeness (QED) is 0.392. The SMILES string of the molecule is Cn1nccc1COc1cc(F)ccc1-c1nnc(-c2ccc3c(c2)CNC(=O)C3)c2ccsc12. The summed E-state index contributed by atoms with van der Waals surface area (Å²) in [6, 6.07) is 14.4. The predicted molar refractivity (Wildman–Crippen MR) is 131 cm³/mol. The number of carbonyl (C=O) groups excluding carboxylic acids is 1. The molecule has 5 aromatic rings. The topological polar surface area (TPSA) is 81.9 Å². The van der Waals surface area contributed by atoms with Gasteiger partial charge in [-0.25, -0.2) is 4.39 Å². The molecule has 9 heteroatoms. The summed E-state index contributed by atoms with van der Waals surface area (Å²) >= 11 is 1.55. The molecule has 0 spiro atoms. The van der Waals surface area contributed by atoms with Crippen LogP contribution in [0.1, 0.15) is 16.8 Å². The molecule has 7 nitrogen and oxygen atoms in total. The zero-order chi connectivity index (χ0) is 23.9. The number of fused-ring (bicyclic) bond motifs is 2. The average molecular weight is 486 g/mol. The van der Waals surface area contributed by atoms with E-state index in [4.69, 9.17) is 4.74 Å². The molecule has 4 heterocycles. The predicted octanol–water partition coefficient (Wildman–Crippen LogP) is 4.65. The Kier molecular flexibility index (Phi) is 5.26. The van der Waals surface area contributed by atoms with Gasteiger partial charge in [0.2, 0.25) is 5.91 Å². The number of nitrogens with zero attached hydrogens (tertiary/aromatic N) is 4. The van der Waals surface area contributed by atoms with Crippen LogP contribution in [0.5, 0.6) is 5.75 Å². The number of halogens is 1. The number of aryl methyl sites for hydroxylation is 1. The van der Waals surface area contributed by atoms with Crippen molar-refractivity contribution in [2.24, 2.45) is 7.05 Å². The molecule has 2 aromatic carbocycles. The van der Waals surface area contributed by atoms with Crippen LogP contribution in [-0.4, -0.2) is 25.9 Å². The Morgan fingerprint density at radius 2 is 1.97 bits per heavy atom. The number of rotatable bonds is 5. The van der Waals surface area contributed by atoms with Crippen LogP contribution in [-0.2, 0) is 31.4 Å². The van der Waals surface area contributed by atoms with Crippen LogP contribution in [0.3, 0.4) is 0 Å². The third kappa shape index (κ3) is 3.93. The maximum Gasteiger partial charge on any atom is 0.224 e. The van der Waals surface area contributed by atoms with Crippen molar-refractivity contribution in [2.45, 2.75) is 19.6 Å². The number of hydrogen-bond acceptors (Lipinski definition) is 6. The maximum atomic E-state index is 14.2. The highest BCUT2D eigenvalue weighted by Gasteiger charge is 2.20. The lowest BCUT2D eigenvalue weighted by atomic mass is 9.96. The van der Waals surface area contributed by atoms with E-state index in [0.29, 0.717) is 30.0 Å². The Morgan fingerprint density at radius 1 is 1.09 bits per heavy atom. The van der Waals surface area contributed by atoms with Gasteiger partial charge >= 0.3 is 0 Å². The van der Waals surface area contributed by atoms with Crippen molar-refractivity contribution < 1.29 is 13.9 Å². The smallest absolute Gasteiger partial charge is 0.224 e. The Hall–Kier alpha value is -4.11. The molecule has 1 aliphatic rings. The third-order valence-corrected chi connectivity index (χ3v) is 7.11. The van der Waals surface area contributed by atoms with Gasteiger partial charge in [-0.15, -0.1) is 21.5 Å². The van der Waals surface area contributed by atoms with Crippen LogP contribution < -0.4 is 10.1 Å². The second-order valence-electron chi connectivity index (χ2n) is 8.37. The summed E-state index contributed by atoms with van der Waals surface area (Å²) < 4.78 is 22.8. The summed E-state index contributed by atoms with van der Waals surface area (Å²) in [7, 11) is 1.83. The molecule has 35 heavy (non-hydrogen) atoms. The summed E-state index contributed by atoms with van der Waals surface area (Å²) in [5, 5.41) is 19.2. The van der Waals surface area contributed by atoms with Gasteiger partial charge in [0.25, 0.3) is 0 Å². The number of aromatic nitrogens is 4. The molecule has 1 aliphatic heterocycles. The van der Waals surface area contributed by atoms with Gasteiger partial charge < -0.3 is 10.1 Å². The molecule has 0 atom stereocenters. The third-order valence-electron chi connectivity index (χ3n) is 6.19. The van der Waals surface area contributed by atoms with Crippen molar-refractivity contribution in [2.75, 3.05) is 0 Å². The molecule has 174 valence electrons. The summed E-state index contributed by atoms with van der Waals surface area (Å²) in [4.78, 5) is 11.7. The molecule has 0 aliphatic carbocycles. The van der Waals surface area contributed by atoms with E-state index in [-0.39, 0.29) is 18.3 Å². The minimum Gasteiger partial charge on any atom is -0.486 e. The molecule has 1 amide bonds. The van der Waals surface area contributed by atoms with Crippen molar-refractivity contribution in [1.82, 2.24) is 25.3 Å². The first-order valence-electron chi connectivity index (χ1n) is 11.1. The summed E-state index contributed by atoms with van der Waals surface area (Å²) in [5.41, 5.74) is 6.01. The lowest BCUT2D eigenvalue weighted by Gasteiger charge is -2.17. The van der Waals surface area contributed by atoms with E-state index in [1.54, 1.807) is 28.3 Å². The first kappa shape index (κ1) is 21.4. The van der Waals surface area contributed by atoms with E-state index in [1.165, 1.54) is 12.1 Å². The van der Waals surface area contributed by atoms with Crippen molar-refractivity contribution in [3.8, 4) is 28.3 Å². The molecular weight excluding hydrogens is 465 g/mol. The molecule has 0 saturated carbocycles. The second kappa shape index (κ2) is 8.59. The number of nitrogens with one attached hydrogen (secondary N) is 1. The summed E-state index contributed by atoms with van der Waals surface area (Å²) in [6.45, 7) is 0.755. The zero-order valence-electron chi connectivity index (χ0n) is 18.8. The number of carbonyl (C=O) groups is 1. The van der Waals surface area contributed by atoms with Crippen LogP contribution in [0.4, 0.5) is 4.39 Å². The number of benzene rings is 2. The van der Waals surface area contributed by atoms with Gasteiger partial charge in [-0.2, -0.15) is 5.10 Å². The maximum absolute atomic E-state index is 14.2. The van der Waals surface area contributed by atoms with Crippen molar-refractivity contribution >= 4 is 27.3 Å². The fraction of sp³-hybridized carbons (Fsp3) is 0.154. The molecule has 0 unspecified atom stereocenters. The molecule has 0 radical (unpaired) electrons. The van der Waals surface area contributed by atoms with Crippen LogP contribution >= 0.6 is 11.3 Å². The van der Waals surface area contributed by atoms with E-state index in [2.05, 4.69) is 26.7 Å². The second-order valence-corrected chi connectivity index (χ2v) is 9.29. The molecule has 3 aromatic heterocycles. The normalized spacial score (nSPS) is 13.0. The Bertz CT molecular complexity index is 1590. The van der Waals surface area contributed by atoms with Crippen molar-refractivity contribution in [3.05, 3.63) is 82.7 Å². The van der Waals surface area contributed by atoms with Gasteiger partial charge in [0.1, 0.15) is 29.6 Å². The molecular formula is C26H20FN5O2S. The van der Waals surface area contributed by atoms with Crippen LogP contribution in [0.15, 0.2) is 60.1 Å². The van der Waals surface area contributed by atoms with Gasteiger partial charge in [0.15, 0.2) is 0 Å². The average Bonchev–Trinajstić information content (AvgIpc) is 3.51. The van der Waals surface area contributed by atoms with E-state index in [0.717, 1.165) is 38.2 Å². The number of amides is 1. The Morgan fingerprint density at radius 3 is 2.83 bits per heavy atom. The summed E-state index contributed by atoms with van der Waals surface area (Å²) in [5.74, 6) is 0.0460. The van der Waals surface area contributed by atoms with E-state index in [9.17, 15) is 9.18 Å². The molecule has 0 fully saturated rings. The van der Waals surface area contributed by atoms with Gasteiger partial charge in [0.05, 0.1) is 16.8 Å². The number of hydrogen-bond donors (Lipinski definition) is 1. The minimum absolute atomic E-state index is 0.0373. The largest absolute Gasteiger partial charge is 0.486 e. The van der Waals surface area contributed by atoms with Crippen LogP contribution in [0.25, 0.3) is 32.6 Å². The van der Waals surface area contributed by atoms with Crippen LogP contribution in [0, 0.1) is 5.82 Å². The highest BCUT2D eigenvalue weighted by Crippen LogP contribution is 2.39. The van der Waals surface area contributed by atoms with E-state index in [1.807, 2.05) is 36.7 Å². The number of thiophene rings is 1. The van der Waals surface area contributed by atoms with Crippen molar-refractivity contribution in [3.63, 3.8) is 0 Å². The highest BCUT2D eigenvalue weighted by molar-refractivity contribution is 7.17. The Labute approximate surface area is 204 Å². The molecule has 0 bridgehead atoms. The fourth-order valence-electron chi connectivity index (χ4n) is 4.31. The Balaban J connectivity index is 1.40. The van der Waals surface area contributed by atoms with E-state index >= 15 is 0 Å². The highest BCUT2D eigenvalue weighted by atomic mass is 32.1. The van der Waals surface area contributed by atoms with Gasteiger partial charge in [-0.1, -0.05) is 12.1 Å². The standard InChI is InChI=1S/C26H20FN5O2S/c1-32-19(6-8-29-32)14-34-22-12-18(27)4-5-20(22)25-26-21(7-9-35-26)24(30-31-25)16-3-2-15-11-23(33)28-13-17(15)10-16/h2-10,12H,11,13-14H2,1H3,(H,28,33). The molecule has 0 saturated heterocycles. The van der Waals surface area contributed by atoms with Crippen molar-refractivity contribution in [1.29, 1.82) is 0 Å². The van der Waals surface area contributed by atoms with E-state index < -0.39 is 0 Å². The lowest BCUT2D eigenvalue weighted by Crippen LogP contribution is -2.30. The monoisotopic (exact) mass is 485 g/mol. The first-order valence-corrected chi connectivity index (χ1v) is 12.0. The first-order chi connectivity index (χ1) is 17.1. The summed E-state index contributed by atoms with van der Waals surface area (Å²) in [6.07, 6.45) is 2.08. The van der Waals surface area contributed by atoms with Gasteiger partial charge in [0, 0.05) is 42.4 Å². The molecule has 1 N–H and O–H groups in total. The zero-order valence-corrected chi connectivity index (χ0v) is 19.6. The van der Waals surface area contributed by atoms with Gasteiger partial charge in [-0.05, 0) is 46.8 Å². The molecule has 6 rings (SSSR count). The van der Waals surface area contributed by atoms with Crippen LogP contribution in [0.2, 0.25) is 0 Å². The van der Waals surface area contributed by atoms with Gasteiger partial charge in [-0.3, -0.25) is 9.48 Å². The lowest BCUT2D eigenvalue weighted by molar-refractivity contribution is -0.121. The minimum atomic E-state index is -0.387. The number of ether oxygens (including phenoxy) is 1.